The van der Waals surface area contributed by atoms with E-state index in [1.807, 2.05) is 23.1 Å². The number of carbonyl (C=O) groups is 1. The quantitative estimate of drug-likeness (QED) is 0.280. The predicted molar refractivity (Wildman–Crippen MR) is 118 cm³/mol. The van der Waals surface area contributed by atoms with Crippen LogP contribution in [-0.2, 0) is 9.84 Å². The number of hydrogen-bond acceptors (Lipinski definition) is 5. The molecule has 0 unspecified atom stereocenters. The minimum atomic E-state index is -3.61. The summed E-state index contributed by atoms with van der Waals surface area (Å²) in [5, 5.41) is 0. The van der Waals surface area contributed by atoms with E-state index in [1.54, 1.807) is 84.9 Å². The topological polar surface area (TPSA) is 63.7 Å². The van der Waals surface area contributed by atoms with Crippen molar-refractivity contribution in [1.29, 1.82) is 0 Å². The standard InChI is InChI=1S/C25H17NO4S/c27-25(18-8-2-1-3-9-18)30-20-16-14-19(15-17-20)26-21-10-4-6-12-23(21)31(28,29)24-13-7-5-11-22(24)26/h1-17H. The maximum Gasteiger partial charge on any atom is 0.343 e. The zero-order valence-electron chi connectivity index (χ0n) is 16.3. The molecule has 5 nitrogen and oxygen atoms in total. The first-order chi connectivity index (χ1) is 15.1. The lowest BCUT2D eigenvalue weighted by atomic mass is 10.1. The largest absolute Gasteiger partial charge is 0.423 e. The Kier molecular flexibility index (Phi) is 4.56. The molecule has 0 saturated heterocycles. The Hall–Kier alpha value is -3.90. The van der Waals surface area contributed by atoms with Crippen molar-refractivity contribution < 1.29 is 17.9 Å². The number of esters is 1. The Labute approximate surface area is 180 Å². The van der Waals surface area contributed by atoms with Gasteiger partial charge in [0.2, 0.25) is 9.84 Å². The van der Waals surface area contributed by atoms with Crippen LogP contribution in [0.4, 0.5) is 17.1 Å². The van der Waals surface area contributed by atoms with Crippen molar-refractivity contribution in [1.82, 2.24) is 0 Å². The van der Waals surface area contributed by atoms with Gasteiger partial charge in [-0.25, -0.2) is 13.2 Å². The average Bonchev–Trinajstić information content (AvgIpc) is 2.81. The fourth-order valence-corrected chi connectivity index (χ4v) is 5.29. The summed E-state index contributed by atoms with van der Waals surface area (Å²) in [7, 11) is -3.61. The van der Waals surface area contributed by atoms with Gasteiger partial charge in [0, 0.05) is 5.69 Å². The van der Waals surface area contributed by atoms with Crippen LogP contribution in [0.2, 0.25) is 0 Å². The van der Waals surface area contributed by atoms with Crippen LogP contribution in [0.1, 0.15) is 10.4 Å². The smallest absolute Gasteiger partial charge is 0.343 e. The molecule has 0 amide bonds. The fraction of sp³-hybridized carbons (Fsp3) is 0. The van der Waals surface area contributed by atoms with E-state index in [-0.39, 0.29) is 9.79 Å². The van der Waals surface area contributed by atoms with Crippen LogP contribution in [-0.4, -0.2) is 14.4 Å². The van der Waals surface area contributed by atoms with Crippen LogP contribution in [0.25, 0.3) is 0 Å². The number of anilines is 3. The zero-order chi connectivity index (χ0) is 21.4. The Morgan fingerprint density at radius 1 is 0.645 bits per heavy atom. The maximum atomic E-state index is 13.1. The molecule has 1 aliphatic rings. The number of carbonyl (C=O) groups excluding carboxylic acids is 1. The summed E-state index contributed by atoms with van der Waals surface area (Å²) in [5.41, 5.74) is 2.38. The third-order valence-corrected chi connectivity index (χ3v) is 6.95. The van der Waals surface area contributed by atoms with Gasteiger partial charge in [0.1, 0.15) is 5.75 Å². The molecule has 4 aromatic rings. The molecule has 152 valence electrons. The van der Waals surface area contributed by atoms with Crippen LogP contribution in [0, 0.1) is 0 Å². The van der Waals surface area contributed by atoms with Gasteiger partial charge in [0.05, 0.1) is 26.7 Å². The summed E-state index contributed by atoms with van der Waals surface area (Å²) >= 11 is 0. The molecule has 0 saturated carbocycles. The van der Waals surface area contributed by atoms with E-state index < -0.39 is 15.8 Å². The molecule has 0 radical (unpaired) electrons. The minimum absolute atomic E-state index is 0.258. The van der Waals surface area contributed by atoms with Gasteiger partial charge in [-0.3, -0.25) is 0 Å². The number of benzene rings is 4. The molecule has 0 spiro atoms. The normalized spacial score (nSPS) is 13.7. The molecule has 1 heterocycles. The highest BCUT2D eigenvalue weighted by Crippen LogP contribution is 2.47. The second kappa shape index (κ2) is 7.41. The van der Waals surface area contributed by atoms with Crippen LogP contribution in [0.5, 0.6) is 5.75 Å². The summed E-state index contributed by atoms with van der Waals surface area (Å²) < 4.78 is 31.7. The van der Waals surface area contributed by atoms with Crippen molar-refractivity contribution in [2.24, 2.45) is 0 Å². The monoisotopic (exact) mass is 427 g/mol. The van der Waals surface area contributed by atoms with Crippen LogP contribution >= 0.6 is 0 Å². The summed E-state index contributed by atoms with van der Waals surface area (Å²) in [4.78, 5) is 14.7. The van der Waals surface area contributed by atoms with Gasteiger partial charge in [-0.1, -0.05) is 42.5 Å². The second-order valence-corrected chi connectivity index (χ2v) is 8.91. The van der Waals surface area contributed by atoms with Gasteiger partial charge < -0.3 is 9.64 Å². The van der Waals surface area contributed by atoms with E-state index in [0.29, 0.717) is 22.7 Å². The van der Waals surface area contributed by atoms with Gasteiger partial charge in [-0.2, -0.15) is 0 Å². The van der Waals surface area contributed by atoms with Gasteiger partial charge >= 0.3 is 5.97 Å². The SMILES string of the molecule is O=C(Oc1ccc(N2c3ccccc3S(=O)(=O)c3ccccc32)cc1)c1ccccc1. The third kappa shape index (κ3) is 3.27. The maximum absolute atomic E-state index is 13.1. The second-order valence-electron chi connectivity index (χ2n) is 7.02. The molecule has 0 aromatic heterocycles. The van der Waals surface area contributed by atoms with Crippen molar-refractivity contribution in [3.8, 4) is 5.75 Å². The molecular weight excluding hydrogens is 410 g/mol. The molecule has 5 rings (SSSR count). The highest BCUT2D eigenvalue weighted by atomic mass is 32.2. The van der Waals surface area contributed by atoms with Gasteiger partial charge in [0.15, 0.2) is 0 Å². The number of para-hydroxylation sites is 2. The van der Waals surface area contributed by atoms with Crippen molar-refractivity contribution in [2.45, 2.75) is 9.79 Å². The van der Waals surface area contributed by atoms with Crippen LogP contribution < -0.4 is 9.64 Å². The molecule has 0 N–H and O–H groups in total. The van der Waals surface area contributed by atoms with Gasteiger partial charge in [-0.15, -0.1) is 0 Å². The van der Waals surface area contributed by atoms with E-state index in [0.717, 1.165) is 5.69 Å². The number of rotatable bonds is 3. The molecule has 1 aliphatic heterocycles. The Morgan fingerprint density at radius 2 is 1.16 bits per heavy atom. The summed E-state index contributed by atoms with van der Waals surface area (Å²) in [6, 6.07) is 29.6. The Bertz CT molecular complexity index is 1330. The van der Waals surface area contributed by atoms with Crippen molar-refractivity contribution >= 4 is 32.9 Å². The van der Waals surface area contributed by atoms with Crippen molar-refractivity contribution in [2.75, 3.05) is 4.90 Å². The molecule has 0 aliphatic carbocycles. The lowest BCUT2D eigenvalue weighted by Crippen LogP contribution is -2.22. The highest BCUT2D eigenvalue weighted by molar-refractivity contribution is 7.92. The van der Waals surface area contributed by atoms with Crippen LogP contribution in [0.3, 0.4) is 0 Å². The molecular formula is C25H17NO4S. The molecule has 0 atom stereocenters. The fourth-order valence-electron chi connectivity index (χ4n) is 3.67. The lowest BCUT2D eigenvalue weighted by molar-refractivity contribution is 0.0734. The zero-order valence-corrected chi connectivity index (χ0v) is 17.1. The van der Waals surface area contributed by atoms with Gasteiger partial charge in [0.25, 0.3) is 0 Å². The third-order valence-electron chi connectivity index (χ3n) is 5.11. The molecule has 31 heavy (non-hydrogen) atoms. The molecule has 0 bridgehead atoms. The number of ether oxygens (including phenoxy) is 1. The first-order valence-electron chi connectivity index (χ1n) is 9.66. The number of fused-ring (bicyclic) bond motifs is 2. The van der Waals surface area contributed by atoms with Crippen LogP contribution in [0.15, 0.2) is 113 Å². The lowest BCUT2D eigenvalue weighted by Gasteiger charge is -2.32. The summed E-state index contributed by atoms with van der Waals surface area (Å²) in [6.45, 7) is 0. The number of hydrogen-bond donors (Lipinski definition) is 0. The van der Waals surface area contributed by atoms with Crippen molar-refractivity contribution in [3.05, 3.63) is 109 Å². The van der Waals surface area contributed by atoms with E-state index >= 15 is 0 Å². The predicted octanol–water partition coefficient (Wildman–Crippen LogP) is 5.52. The molecule has 4 aromatic carbocycles. The van der Waals surface area contributed by atoms with E-state index in [4.69, 9.17) is 4.74 Å². The van der Waals surface area contributed by atoms with E-state index in [1.165, 1.54) is 0 Å². The minimum Gasteiger partial charge on any atom is -0.423 e. The first-order valence-corrected chi connectivity index (χ1v) is 11.1. The average molecular weight is 427 g/mol. The Balaban J connectivity index is 1.53. The Morgan fingerprint density at radius 3 is 1.74 bits per heavy atom. The van der Waals surface area contributed by atoms with Crippen molar-refractivity contribution in [3.63, 3.8) is 0 Å². The highest BCUT2D eigenvalue weighted by Gasteiger charge is 2.34. The van der Waals surface area contributed by atoms with Gasteiger partial charge in [-0.05, 0) is 60.7 Å². The van der Waals surface area contributed by atoms with E-state index in [9.17, 15) is 13.2 Å². The van der Waals surface area contributed by atoms with E-state index in [2.05, 4.69) is 0 Å². The molecule has 6 heteroatoms. The number of sulfone groups is 1. The summed E-state index contributed by atoms with van der Waals surface area (Å²) in [6.07, 6.45) is 0. The number of nitrogens with zero attached hydrogens (tertiary/aromatic N) is 1. The molecule has 0 fully saturated rings. The summed E-state index contributed by atoms with van der Waals surface area (Å²) in [5.74, 6) is -0.0306. The first kappa shape index (κ1) is 19.1.